The lowest BCUT2D eigenvalue weighted by Crippen LogP contribution is -2.47. The van der Waals surface area contributed by atoms with Gasteiger partial charge in [-0.15, -0.1) is 0 Å². The van der Waals surface area contributed by atoms with E-state index in [1.807, 2.05) is 25.6 Å². The van der Waals surface area contributed by atoms with Crippen LogP contribution in [-0.4, -0.2) is 30.0 Å². The van der Waals surface area contributed by atoms with E-state index in [-0.39, 0.29) is 11.3 Å². The molecule has 3 N–H and O–H groups in total. The van der Waals surface area contributed by atoms with Crippen molar-refractivity contribution < 1.29 is 4.79 Å². The SMILES string of the molecule is CCC(CC)(CN)C(=O)NCC1CCCCS1. The van der Waals surface area contributed by atoms with Crippen LogP contribution in [0.4, 0.5) is 0 Å². The molecule has 3 nitrogen and oxygen atoms in total. The lowest BCUT2D eigenvalue weighted by Gasteiger charge is -2.30. The zero-order valence-corrected chi connectivity index (χ0v) is 11.9. The van der Waals surface area contributed by atoms with E-state index in [1.54, 1.807) is 0 Å². The molecule has 0 saturated carbocycles. The van der Waals surface area contributed by atoms with Crippen LogP contribution in [0.5, 0.6) is 0 Å². The van der Waals surface area contributed by atoms with Crippen LogP contribution in [0, 0.1) is 5.41 Å². The Labute approximate surface area is 109 Å². The summed E-state index contributed by atoms with van der Waals surface area (Å²) in [6.45, 7) is 5.35. The summed E-state index contributed by atoms with van der Waals surface area (Å²) >= 11 is 1.99. The maximum Gasteiger partial charge on any atom is 0.227 e. The van der Waals surface area contributed by atoms with Gasteiger partial charge < -0.3 is 11.1 Å². The average Bonchev–Trinajstić information content (AvgIpc) is 2.40. The molecule has 0 aromatic rings. The number of carbonyl (C=O) groups is 1. The summed E-state index contributed by atoms with van der Waals surface area (Å²) in [5.41, 5.74) is 5.42. The fraction of sp³-hybridized carbons (Fsp3) is 0.923. The van der Waals surface area contributed by atoms with Gasteiger partial charge >= 0.3 is 0 Å². The maximum atomic E-state index is 12.2. The van der Waals surface area contributed by atoms with Crippen molar-refractivity contribution in [3.8, 4) is 0 Å². The highest BCUT2D eigenvalue weighted by molar-refractivity contribution is 7.99. The third-order valence-corrected chi connectivity index (χ3v) is 5.39. The minimum atomic E-state index is -0.348. The lowest BCUT2D eigenvalue weighted by molar-refractivity contribution is -0.131. The number of carbonyl (C=O) groups excluding carboxylic acids is 1. The van der Waals surface area contributed by atoms with Gasteiger partial charge in [0.05, 0.1) is 5.41 Å². The van der Waals surface area contributed by atoms with Gasteiger partial charge in [-0.05, 0) is 31.4 Å². The predicted molar refractivity (Wildman–Crippen MR) is 75.2 cm³/mol. The van der Waals surface area contributed by atoms with Gasteiger partial charge in [0, 0.05) is 18.3 Å². The van der Waals surface area contributed by atoms with Gasteiger partial charge in [0.1, 0.15) is 0 Å². The van der Waals surface area contributed by atoms with E-state index in [2.05, 4.69) is 5.32 Å². The number of hydrogen-bond donors (Lipinski definition) is 2. The molecule has 0 bridgehead atoms. The molecule has 1 heterocycles. The lowest BCUT2D eigenvalue weighted by atomic mass is 9.81. The van der Waals surface area contributed by atoms with E-state index in [1.165, 1.54) is 25.0 Å². The molecule has 1 unspecified atom stereocenters. The van der Waals surface area contributed by atoms with Gasteiger partial charge in [-0.2, -0.15) is 11.8 Å². The smallest absolute Gasteiger partial charge is 0.227 e. The molecule has 0 aromatic heterocycles. The normalized spacial score (nSPS) is 21.2. The Kier molecular flexibility index (Phi) is 6.34. The molecule has 0 radical (unpaired) electrons. The predicted octanol–water partition coefficient (Wildman–Crippen LogP) is 2.15. The van der Waals surface area contributed by atoms with Crippen molar-refractivity contribution in [2.75, 3.05) is 18.8 Å². The molecule has 1 atom stereocenters. The summed E-state index contributed by atoms with van der Waals surface area (Å²) < 4.78 is 0. The van der Waals surface area contributed by atoms with Crippen molar-refractivity contribution in [3.05, 3.63) is 0 Å². The van der Waals surface area contributed by atoms with Gasteiger partial charge in [0.25, 0.3) is 0 Å². The Morgan fingerprint density at radius 1 is 1.41 bits per heavy atom. The topological polar surface area (TPSA) is 55.1 Å². The van der Waals surface area contributed by atoms with E-state index in [0.717, 1.165) is 19.4 Å². The van der Waals surface area contributed by atoms with Gasteiger partial charge in [-0.25, -0.2) is 0 Å². The van der Waals surface area contributed by atoms with Crippen molar-refractivity contribution in [3.63, 3.8) is 0 Å². The molecule has 17 heavy (non-hydrogen) atoms. The Morgan fingerprint density at radius 3 is 2.59 bits per heavy atom. The van der Waals surface area contributed by atoms with Crippen molar-refractivity contribution in [2.24, 2.45) is 11.1 Å². The van der Waals surface area contributed by atoms with E-state index in [9.17, 15) is 4.79 Å². The monoisotopic (exact) mass is 258 g/mol. The molecular formula is C13H26N2OS. The van der Waals surface area contributed by atoms with Crippen molar-refractivity contribution in [1.29, 1.82) is 0 Å². The molecule has 0 spiro atoms. The fourth-order valence-electron chi connectivity index (χ4n) is 2.31. The van der Waals surface area contributed by atoms with Crippen molar-refractivity contribution >= 4 is 17.7 Å². The Hall–Kier alpha value is -0.220. The molecule has 1 rings (SSSR count). The second-order valence-corrected chi connectivity index (χ2v) is 6.30. The van der Waals surface area contributed by atoms with Crippen LogP contribution in [0.25, 0.3) is 0 Å². The van der Waals surface area contributed by atoms with Crippen LogP contribution >= 0.6 is 11.8 Å². The van der Waals surface area contributed by atoms with E-state index < -0.39 is 0 Å². The van der Waals surface area contributed by atoms with E-state index in [4.69, 9.17) is 5.73 Å². The van der Waals surface area contributed by atoms with Crippen molar-refractivity contribution in [2.45, 2.75) is 51.2 Å². The first-order valence-electron chi connectivity index (χ1n) is 6.78. The first-order valence-corrected chi connectivity index (χ1v) is 7.83. The summed E-state index contributed by atoms with van der Waals surface area (Å²) in [6.07, 6.45) is 5.51. The zero-order chi connectivity index (χ0) is 12.7. The second-order valence-electron chi connectivity index (χ2n) is 4.89. The summed E-state index contributed by atoms with van der Waals surface area (Å²) in [5.74, 6) is 1.39. The minimum absolute atomic E-state index is 0.149. The summed E-state index contributed by atoms with van der Waals surface area (Å²) in [6, 6.07) is 0. The largest absolute Gasteiger partial charge is 0.354 e. The zero-order valence-electron chi connectivity index (χ0n) is 11.1. The molecular weight excluding hydrogens is 232 g/mol. The summed E-state index contributed by atoms with van der Waals surface area (Å²) in [7, 11) is 0. The van der Waals surface area contributed by atoms with Gasteiger partial charge in [-0.3, -0.25) is 4.79 Å². The van der Waals surface area contributed by atoms with Gasteiger partial charge in [-0.1, -0.05) is 20.3 Å². The maximum absolute atomic E-state index is 12.2. The molecule has 0 aromatic carbocycles. The fourth-order valence-corrected chi connectivity index (χ4v) is 3.55. The number of thioether (sulfide) groups is 1. The molecule has 1 amide bonds. The van der Waals surface area contributed by atoms with Crippen molar-refractivity contribution in [1.82, 2.24) is 5.32 Å². The molecule has 1 fully saturated rings. The van der Waals surface area contributed by atoms with Crippen LogP contribution in [0.1, 0.15) is 46.0 Å². The van der Waals surface area contributed by atoms with Gasteiger partial charge in [0.15, 0.2) is 0 Å². The molecule has 1 aliphatic rings. The number of hydrogen-bond acceptors (Lipinski definition) is 3. The quantitative estimate of drug-likeness (QED) is 0.767. The number of nitrogens with one attached hydrogen (secondary N) is 1. The summed E-state index contributed by atoms with van der Waals surface area (Å²) in [5, 5.41) is 3.71. The number of amides is 1. The van der Waals surface area contributed by atoms with Crippen LogP contribution in [0.15, 0.2) is 0 Å². The number of rotatable bonds is 6. The van der Waals surface area contributed by atoms with E-state index in [0.29, 0.717) is 11.8 Å². The molecule has 1 saturated heterocycles. The average molecular weight is 258 g/mol. The minimum Gasteiger partial charge on any atom is -0.354 e. The Bertz CT molecular complexity index is 227. The third-order valence-electron chi connectivity index (χ3n) is 3.99. The number of nitrogens with two attached hydrogens (primary N) is 1. The first kappa shape index (κ1) is 14.8. The Morgan fingerprint density at radius 2 is 2.12 bits per heavy atom. The van der Waals surface area contributed by atoms with E-state index >= 15 is 0 Å². The highest BCUT2D eigenvalue weighted by Gasteiger charge is 2.33. The van der Waals surface area contributed by atoms with Crippen LogP contribution in [-0.2, 0) is 4.79 Å². The second kappa shape index (κ2) is 7.27. The highest BCUT2D eigenvalue weighted by Crippen LogP contribution is 2.27. The Balaban J connectivity index is 2.41. The molecule has 4 heteroatoms. The molecule has 0 aliphatic carbocycles. The molecule has 100 valence electrons. The van der Waals surface area contributed by atoms with Crippen LogP contribution < -0.4 is 11.1 Å². The summed E-state index contributed by atoms with van der Waals surface area (Å²) in [4.78, 5) is 12.2. The highest BCUT2D eigenvalue weighted by atomic mass is 32.2. The molecule has 1 aliphatic heterocycles. The first-order chi connectivity index (χ1) is 8.18. The van der Waals surface area contributed by atoms with Crippen LogP contribution in [0.3, 0.4) is 0 Å². The standard InChI is InChI=1S/C13H26N2OS/c1-3-13(4-2,10-14)12(16)15-9-11-7-5-6-8-17-11/h11H,3-10,14H2,1-2H3,(H,15,16). The van der Waals surface area contributed by atoms with Crippen LogP contribution in [0.2, 0.25) is 0 Å². The van der Waals surface area contributed by atoms with Gasteiger partial charge in [0.2, 0.25) is 5.91 Å². The third kappa shape index (κ3) is 3.88.